The van der Waals surface area contributed by atoms with E-state index < -0.39 is 7.12 Å². The second kappa shape index (κ2) is 8.41. The van der Waals surface area contributed by atoms with Gasteiger partial charge in [-0.1, -0.05) is 40.2 Å². The van der Waals surface area contributed by atoms with Crippen molar-refractivity contribution in [2.45, 2.75) is 5.33 Å². The zero-order valence-corrected chi connectivity index (χ0v) is 11.6. The molecule has 0 amide bonds. The number of rotatable bonds is 2. The summed E-state index contributed by atoms with van der Waals surface area (Å²) in [7, 11) is -1.37. The molecular formula is C7H8BBrFNO2W. The molecule has 0 atom stereocenters. The fraction of sp³-hybridized carbons (Fsp3) is 0.143. The molecule has 1 aromatic rings. The summed E-state index contributed by atoms with van der Waals surface area (Å²) in [6.07, 6.45) is 0. The molecule has 0 aliphatic carbocycles. The second-order valence-corrected chi connectivity index (χ2v) is 3.33. The molecule has 0 saturated carbocycles. The van der Waals surface area contributed by atoms with Crippen LogP contribution in [-0.4, -0.2) is 17.2 Å². The zero-order valence-electron chi connectivity index (χ0n) is 7.10. The number of nitrogens with zero attached hydrogens (tertiary/aromatic N) is 1. The third-order valence-electron chi connectivity index (χ3n) is 1.48. The predicted molar refractivity (Wildman–Crippen MR) is 52.4 cm³/mol. The van der Waals surface area contributed by atoms with Crippen LogP contribution in [0.4, 0.5) is 4.48 Å². The van der Waals surface area contributed by atoms with Crippen molar-refractivity contribution in [2.75, 3.05) is 0 Å². The van der Waals surface area contributed by atoms with Crippen LogP contribution in [0, 0.1) is 0 Å². The fourth-order valence-corrected chi connectivity index (χ4v) is 1.42. The average molecular weight is 432 g/mol. The predicted octanol–water partition coefficient (Wildman–Crippen LogP) is 0.863. The van der Waals surface area contributed by atoms with E-state index in [1.54, 1.807) is 12.1 Å². The molecule has 14 heavy (non-hydrogen) atoms. The van der Waals surface area contributed by atoms with Crippen molar-refractivity contribution in [1.82, 2.24) is 0 Å². The summed E-state index contributed by atoms with van der Waals surface area (Å²) in [6, 6.07) is 7.19. The van der Waals surface area contributed by atoms with Crippen molar-refractivity contribution in [3.05, 3.63) is 29.8 Å². The molecule has 2 N–H and O–H groups in total. The summed E-state index contributed by atoms with van der Waals surface area (Å²) in [6.45, 7) is 0. The molecule has 0 fully saturated rings. The first-order chi connectivity index (χ1) is 6.67. The Hall–Kier alpha value is 0.103. The summed E-state index contributed by atoms with van der Waals surface area (Å²) in [5, 5.41) is 18.4. The van der Waals surface area contributed by atoms with E-state index in [1.165, 1.54) is 0 Å². The van der Waals surface area contributed by atoms with Gasteiger partial charge in [0.25, 0.3) is 0 Å². The monoisotopic (exact) mass is 431 g/mol. The maximum atomic E-state index is 9.95. The third kappa shape index (κ3) is 5.10. The maximum Gasteiger partial charge on any atom is 0.488 e. The van der Waals surface area contributed by atoms with E-state index in [2.05, 4.69) is 19.6 Å². The van der Waals surface area contributed by atoms with E-state index in [9.17, 15) is 4.48 Å². The maximum absolute atomic E-state index is 9.95. The van der Waals surface area contributed by atoms with Crippen molar-refractivity contribution >= 4 is 28.5 Å². The Bertz CT molecular complexity index is 290. The molecule has 0 bridgehead atoms. The molecule has 0 aromatic heterocycles. The van der Waals surface area contributed by atoms with Gasteiger partial charge in [0.1, 0.15) is 0 Å². The first kappa shape index (κ1) is 14.1. The van der Waals surface area contributed by atoms with Crippen molar-refractivity contribution in [3.8, 4) is 0 Å². The molecule has 0 unspecified atom stereocenters. The number of halogens is 2. The minimum atomic E-state index is -1.37. The van der Waals surface area contributed by atoms with Crippen LogP contribution in [0.15, 0.2) is 28.0 Å². The summed E-state index contributed by atoms with van der Waals surface area (Å²) in [5.74, 6) is 0. The van der Waals surface area contributed by atoms with Crippen molar-refractivity contribution < 1.29 is 34.2 Å². The molecule has 1 rings (SSSR count). The van der Waals surface area contributed by atoms with Gasteiger partial charge < -0.3 is 10.0 Å². The van der Waals surface area contributed by atoms with Gasteiger partial charge in [0.05, 0.1) is 0 Å². The molecule has 0 aliphatic rings. The molecule has 76 valence electrons. The van der Waals surface area contributed by atoms with Crippen LogP contribution in [0.2, 0.25) is 0 Å². The van der Waals surface area contributed by atoms with Gasteiger partial charge in [-0.2, -0.15) is 0 Å². The fourth-order valence-electron chi connectivity index (χ4n) is 0.908. The summed E-state index contributed by atoms with van der Waals surface area (Å²) in [5.41, 5.74) is 1.46. The smallest absolute Gasteiger partial charge is 0.423 e. The van der Waals surface area contributed by atoms with Gasteiger partial charge in [-0.25, -0.2) is 0 Å². The van der Waals surface area contributed by atoms with E-state index in [4.69, 9.17) is 10.0 Å². The van der Waals surface area contributed by atoms with E-state index in [-0.39, 0.29) is 0 Å². The van der Waals surface area contributed by atoms with Gasteiger partial charge in [-0.05, 0) is 11.0 Å². The summed E-state index contributed by atoms with van der Waals surface area (Å²) >= 11 is 3.88. The van der Waals surface area contributed by atoms with Gasteiger partial charge in [0.2, 0.25) is 0 Å². The van der Waals surface area contributed by atoms with Crippen LogP contribution in [0.25, 0.3) is 0 Å². The van der Waals surface area contributed by atoms with Crippen LogP contribution in [0.3, 0.4) is 0 Å². The van der Waals surface area contributed by atoms with Crippen LogP contribution < -0.4 is 5.46 Å². The van der Waals surface area contributed by atoms with Gasteiger partial charge in [0, 0.05) is 5.33 Å². The van der Waals surface area contributed by atoms with Crippen LogP contribution in [-0.2, 0) is 25.0 Å². The van der Waals surface area contributed by atoms with Crippen LogP contribution in [0.5, 0.6) is 0 Å². The van der Waals surface area contributed by atoms with Gasteiger partial charge in [0.15, 0.2) is 0 Å². The van der Waals surface area contributed by atoms with E-state index in [0.717, 1.165) is 5.56 Å². The molecule has 3 nitrogen and oxygen atoms in total. The number of hydrogen-bond acceptors (Lipinski definition) is 3. The first-order valence-electron chi connectivity index (χ1n) is 3.60. The number of alkyl halides is 1. The Balaban J connectivity index is 0.000000500. The Labute approximate surface area is 101 Å². The third-order valence-corrected chi connectivity index (χ3v) is 2.08. The Morgan fingerprint density at radius 1 is 1.43 bits per heavy atom. The molecule has 0 saturated heterocycles. The number of benzene rings is 1. The Morgan fingerprint density at radius 2 is 1.93 bits per heavy atom. The van der Waals surface area contributed by atoms with E-state index in [0.29, 0.717) is 30.4 Å². The molecule has 0 radical (unpaired) electrons. The Kier molecular flexibility index (Phi) is 8.48. The minimum absolute atomic E-state index is 0.560. The molecule has 7 heteroatoms. The first-order valence-corrected chi connectivity index (χ1v) is 6.04. The Morgan fingerprint density at radius 3 is 2.29 bits per heavy atom. The van der Waals surface area contributed by atoms with Crippen molar-refractivity contribution in [2.24, 2.45) is 3.72 Å². The molecule has 0 aliphatic heterocycles. The number of hydrogen-bond donors (Lipinski definition) is 2. The largest absolute Gasteiger partial charge is 0.488 e. The molecule has 1 aromatic carbocycles. The quantitative estimate of drug-likeness (QED) is 0.539. The van der Waals surface area contributed by atoms with Crippen molar-refractivity contribution in [3.63, 3.8) is 0 Å². The van der Waals surface area contributed by atoms with E-state index >= 15 is 0 Å². The van der Waals surface area contributed by atoms with Gasteiger partial charge in [-0.3, -0.25) is 0 Å². The minimum Gasteiger partial charge on any atom is -0.423 e. The normalized spacial score (nSPS) is 8.57. The molecule has 0 spiro atoms. The second-order valence-electron chi connectivity index (χ2n) is 2.28. The summed E-state index contributed by atoms with van der Waals surface area (Å²) in [4.78, 5) is 0. The standard InChI is InChI=1S/C7H8BBrO2.FN.W/c9-5-6-3-1-2-4-7(6)8(10)11;1-2;/h1-4,10-11H,5H2;;. The molecule has 0 heterocycles. The topological polar surface area (TPSA) is 52.8 Å². The summed E-state index contributed by atoms with van der Waals surface area (Å²) < 4.78 is 12.0. The molecular weight excluding hydrogens is 424 g/mol. The average Bonchev–Trinajstić information content (AvgIpc) is 2.19. The van der Waals surface area contributed by atoms with Gasteiger partial charge in [-0.15, -0.1) is 0 Å². The van der Waals surface area contributed by atoms with Crippen LogP contribution in [0.1, 0.15) is 5.56 Å². The zero-order chi connectivity index (χ0) is 11.0. The van der Waals surface area contributed by atoms with Crippen molar-refractivity contribution in [1.29, 1.82) is 0 Å². The SMILES string of the molecule is F[N]=[W].OB(O)c1ccccc1CBr. The van der Waals surface area contributed by atoms with Gasteiger partial charge >= 0.3 is 34.9 Å². The van der Waals surface area contributed by atoms with E-state index in [1.807, 2.05) is 12.1 Å². The van der Waals surface area contributed by atoms with Crippen LogP contribution >= 0.6 is 15.9 Å².